The van der Waals surface area contributed by atoms with E-state index in [0.29, 0.717) is 5.92 Å². The van der Waals surface area contributed by atoms with Crippen LogP contribution in [0.5, 0.6) is 0 Å². The average Bonchev–Trinajstić information content (AvgIpc) is 3.17. The van der Waals surface area contributed by atoms with E-state index in [9.17, 15) is 0 Å². The monoisotopic (exact) mass is 300 g/mol. The van der Waals surface area contributed by atoms with Crippen LogP contribution in [0.25, 0.3) is 5.82 Å². The minimum atomic E-state index is 0.596. The molecule has 6 heteroatoms. The fourth-order valence-corrected chi connectivity index (χ4v) is 2.93. The van der Waals surface area contributed by atoms with Crippen LogP contribution in [0.4, 0.5) is 5.82 Å². The number of nitrogens with one attached hydrogen (secondary N) is 1. The van der Waals surface area contributed by atoms with Crippen molar-refractivity contribution < 1.29 is 0 Å². The Morgan fingerprint density at radius 1 is 1.27 bits per heavy atom. The maximum Gasteiger partial charge on any atom is 0.159 e. The van der Waals surface area contributed by atoms with Crippen molar-refractivity contribution >= 4 is 5.82 Å². The minimum Gasteiger partial charge on any atom is -0.368 e. The number of rotatable bonds is 6. The molecule has 0 aliphatic carbocycles. The molecule has 6 nitrogen and oxygen atoms in total. The molecule has 1 N–H and O–H groups in total. The highest BCUT2D eigenvalue weighted by Gasteiger charge is 2.14. The van der Waals surface area contributed by atoms with Crippen molar-refractivity contribution in [3.63, 3.8) is 0 Å². The quantitative estimate of drug-likeness (QED) is 0.885. The molecular formula is C16H24N6. The molecule has 0 spiro atoms. The summed E-state index contributed by atoms with van der Waals surface area (Å²) in [4.78, 5) is 15.7. The lowest BCUT2D eigenvalue weighted by molar-refractivity contribution is 0.294. The van der Waals surface area contributed by atoms with Gasteiger partial charge in [-0.3, -0.25) is 9.55 Å². The van der Waals surface area contributed by atoms with Crippen molar-refractivity contribution in [1.82, 2.24) is 24.4 Å². The van der Waals surface area contributed by atoms with E-state index in [0.717, 1.165) is 30.5 Å². The lowest BCUT2D eigenvalue weighted by atomic mass is 10.1. The van der Waals surface area contributed by atoms with E-state index in [1.807, 2.05) is 17.7 Å². The van der Waals surface area contributed by atoms with Crippen molar-refractivity contribution in [3.05, 3.63) is 30.6 Å². The Labute approximate surface area is 131 Å². The van der Waals surface area contributed by atoms with Crippen LogP contribution >= 0.6 is 0 Å². The van der Waals surface area contributed by atoms with Gasteiger partial charge in [-0.15, -0.1) is 0 Å². The Balaban J connectivity index is 1.57. The molecule has 0 radical (unpaired) electrons. The van der Waals surface area contributed by atoms with Crippen LogP contribution in [-0.4, -0.2) is 50.6 Å². The molecule has 1 aliphatic rings. The summed E-state index contributed by atoms with van der Waals surface area (Å²) in [7, 11) is 0. The van der Waals surface area contributed by atoms with E-state index in [-0.39, 0.29) is 0 Å². The molecule has 118 valence electrons. The summed E-state index contributed by atoms with van der Waals surface area (Å²) in [6.45, 7) is 8.81. The zero-order chi connectivity index (χ0) is 15.4. The predicted octanol–water partition coefficient (Wildman–Crippen LogP) is 2.11. The molecule has 1 saturated heterocycles. The van der Waals surface area contributed by atoms with Crippen LogP contribution in [-0.2, 0) is 0 Å². The predicted molar refractivity (Wildman–Crippen MR) is 87.2 cm³/mol. The molecule has 2 aromatic rings. The summed E-state index contributed by atoms with van der Waals surface area (Å²) in [5.41, 5.74) is 0. The number of nitrogens with zero attached hydrogens (tertiary/aromatic N) is 5. The standard InChI is InChI=1S/C16H24N6/c1-13(12-21-6-3-4-7-21)9-19-15-10-17-11-16(20-15)22-8-5-18-14(22)2/h5,8,10-11,13H,3-4,6-7,9,12H2,1-2H3,(H,19,20). The third kappa shape index (κ3) is 3.62. The van der Waals surface area contributed by atoms with Gasteiger partial charge in [0, 0.05) is 25.5 Å². The van der Waals surface area contributed by atoms with Gasteiger partial charge >= 0.3 is 0 Å². The molecule has 1 aliphatic heterocycles. The molecular weight excluding hydrogens is 276 g/mol. The van der Waals surface area contributed by atoms with E-state index in [4.69, 9.17) is 0 Å². The Morgan fingerprint density at radius 3 is 2.82 bits per heavy atom. The lowest BCUT2D eigenvalue weighted by Gasteiger charge is -2.20. The molecule has 1 fully saturated rings. The van der Waals surface area contributed by atoms with Crippen LogP contribution in [0.3, 0.4) is 0 Å². The number of anilines is 1. The summed E-state index contributed by atoms with van der Waals surface area (Å²) >= 11 is 0. The van der Waals surface area contributed by atoms with Gasteiger partial charge in [-0.05, 0) is 38.8 Å². The number of likely N-dealkylation sites (tertiary alicyclic amines) is 1. The highest BCUT2D eigenvalue weighted by atomic mass is 15.2. The number of aryl methyl sites for hydroxylation is 1. The Bertz CT molecular complexity index is 602. The molecule has 1 atom stereocenters. The first-order valence-electron chi connectivity index (χ1n) is 8.01. The Kier molecular flexibility index (Phi) is 4.68. The second-order valence-corrected chi connectivity index (χ2v) is 6.10. The molecule has 0 amide bonds. The number of aromatic nitrogens is 4. The van der Waals surface area contributed by atoms with Gasteiger partial charge in [0.2, 0.25) is 0 Å². The van der Waals surface area contributed by atoms with Gasteiger partial charge in [0.05, 0.1) is 12.4 Å². The second-order valence-electron chi connectivity index (χ2n) is 6.10. The minimum absolute atomic E-state index is 0.596. The van der Waals surface area contributed by atoms with E-state index >= 15 is 0 Å². The fourth-order valence-electron chi connectivity index (χ4n) is 2.93. The van der Waals surface area contributed by atoms with Crippen LogP contribution in [0.15, 0.2) is 24.8 Å². The maximum absolute atomic E-state index is 4.62. The highest BCUT2D eigenvalue weighted by Crippen LogP contribution is 2.12. The largest absolute Gasteiger partial charge is 0.368 e. The van der Waals surface area contributed by atoms with E-state index < -0.39 is 0 Å². The number of hydrogen-bond acceptors (Lipinski definition) is 5. The molecule has 2 aromatic heterocycles. The Morgan fingerprint density at radius 2 is 2.09 bits per heavy atom. The van der Waals surface area contributed by atoms with Crippen molar-refractivity contribution in [2.24, 2.45) is 5.92 Å². The van der Waals surface area contributed by atoms with Gasteiger partial charge in [-0.2, -0.15) is 0 Å². The van der Waals surface area contributed by atoms with Crippen molar-refractivity contribution in [3.8, 4) is 5.82 Å². The first-order chi connectivity index (χ1) is 10.7. The van der Waals surface area contributed by atoms with Crippen molar-refractivity contribution in [2.75, 3.05) is 31.5 Å². The van der Waals surface area contributed by atoms with E-state index in [1.165, 1.54) is 25.9 Å². The summed E-state index contributed by atoms with van der Waals surface area (Å²) in [6, 6.07) is 0. The van der Waals surface area contributed by atoms with Gasteiger partial charge in [-0.1, -0.05) is 6.92 Å². The van der Waals surface area contributed by atoms with Gasteiger partial charge in [0.15, 0.2) is 5.82 Å². The Hall–Kier alpha value is -1.95. The lowest BCUT2D eigenvalue weighted by Crippen LogP contribution is -2.29. The number of hydrogen-bond donors (Lipinski definition) is 1. The van der Waals surface area contributed by atoms with Gasteiger partial charge in [-0.25, -0.2) is 9.97 Å². The molecule has 0 saturated carbocycles. The van der Waals surface area contributed by atoms with E-state index in [1.54, 1.807) is 18.6 Å². The van der Waals surface area contributed by atoms with Crippen molar-refractivity contribution in [1.29, 1.82) is 0 Å². The average molecular weight is 300 g/mol. The highest BCUT2D eigenvalue weighted by molar-refractivity contribution is 5.36. The molecule has 0 bridgehead atoms. The van der Waals surface area contributed by atoms with Crippen molar-refractivity contribution in [2.45, 2.75) is 26.7 Å². The van der Waals surface area contributed by atoms with Crippen LogP contribution in [0, 0.1) is 12.8 Å². The number of imidazole rings is 1. The normalized spacial score (nSPS) is 16.8. The van der Waals surface area contributed by atoms with E-state index in [2.05, 4.69) is 32.1 Å². The SMILES string of the molecule is Cc1nccn1-c1cncc(NCC(C)CN2CCCC2)n1. The molecule has 0 aromatic carbocycles. The molecule has 22 heavy (non-hydrogen) atoms. The first-order valence-corrected chi connectivity index (χ1v) is 8.01. The maximum atomic E-state index is 4.62. The third-order valence-electron chi connectivity index (χ3n) is 4.09. The summed E-state index contributed by atoms with van der Waals surface area (Å²) in [5.74, 6) is 3.12. The summed E-state index contributed by atoms with van der Waals surface area (Å²) in [5, 5.41) is 3.41. The van der Waals surface area contributed by atoms with Gasteiger partial charge in [0.25, 0.3) is 0 Å². The molecule has 1 unspecified atom stereocenters. The van der Waals surface area contributed by atoms with Gasteiger partial charge in [0.1, 0.15) is 11.6 Å². The molecule has 3 heterocycles. The van der Waals surface area contributed by atoms with Crippen LogP contribution in [0.2, 0.25) is 0 Å². The fraction of sp³-hybridized carbons (Fsp3) is 0.562. The second kappa shape index (κ2) is 6.87. The van der Waals surface area contributed by atoms with Gasteiger partial charge < -0.3 is 10.2 Å². The zero-order valence-electron chi connectivity index (χ0n) is 13.4. The third-order valence-corrected chi connectivity index (χ3v) is 4.09. The topological polar surface area (TPSA) is 58.9 Å². The first kappa shape index (κ1) is 15.0. The van der Waals surface area contributed by atoms with Crippen LogP contribution < -0.4 is 5.32 Å². The zero-order valence-corrected chi connectivity index (χ0v) is 13.4. The van der Waals surface area contributed by atoms with Crippen LogP contribution in [0.1, 0.15) is 25.6 Å². The smallest absolute Gasteiger partial charge is 0.159 e. The summed E-state index contributed by atoms with van der Waals surface area (Å²) in [6.07, 6.45) is 9.90. The summed E-state index contributed by atoms with van der Waals surface area (Å²) < 4.78 is 1.94. The molecule has 3 rings (SSSR count).